The lowest BCUT2D eigenvalue weighted by Crippen LogP contribution is -2.34. The Morgan fingerprint density at radius 3 is 2.72 bits per heavy atom. The molecule has 1 unspecified atom stereocenters. The van der Waals surface area contributed by atoms with Gasteiger partial charge in [-0.15, -0.1) is 0 Å². The molecular formula is C15H20N2O. The van der Waals surface area contributed by atoms with E-state index in [1.807, 2.05) is 24.4 Å². The fourth-order valence-electron chi connectivity index (χ4n) is 2.16. The maximum absolute atomic E-state index is 9.26. The van der Waals surface area contributed by atoms with Crippen LogP contribution in [0.2, 0.25) is 0 Å². The first-order valence-electron chi connectivity index (χ1n) is 6.41. The maximum Gasteiger partial charge on any atom is 0.151 e. The topological polar surface area (TPSA) is 44.6 Å². The van der Waals surface area contributed by atoms with Crippen molar-refractivity contribution in [2.24, 2.45) is 4.99 Å². The minimum atomic E-state index is -0.480. The van der Waals surface area contributed by atoms with Crippen LogP contribution in [0.3, 0.4) is 0 Å². The number of hydrogen-bond donors (Lipinski definition) is 2. The second-order valence-corrected chi connectivity index (χ2v) is 4.67. The summed E-state index contributed by atoms with van der Waals surface area (Å²) in [5.41, 5.74) is 2.98. The van der Waals surface area contributed by atoms with Crippen LogP contribution >= 0.6 is 0 Å². The lowest BCUT2D eigenvalue weighted by molar-refractivity contribution is 0.266. The number of nitrogens with zero attached hydrogens (tertiary/aromatic N) is 1. The third-order valence-corrected chi connectivity index (χ3v) is 3.28. The molecular weight excluding hydrogens is 224 g/mol. The summed E-state index contributed by atoms with van der Waals surface area (Å²) in [6.07, 6.45) is 5.57. The Balaban J connectivity index is 2.26. The molecule has 0 amide bonds. The highest BCUT2D eigenvalue weighted by molar-refractivity contribution is 5.83. The molecule has 3 nitrogen and oxygen atoms in total. The summed E-state index contributed by atoms with van der Waals surface area (Å²) in [6.45, 7) is 4.29. The quantitative estimate of drug-likeness (QED) is 0.836. The third kappa shape index (κ3) is 2.62. The van der Waals surface area contributed by atoms with Gasteiger partial charge in [0.2, 0.25) is 0 Å². The van der Waals surface area contributed by atoms with Gasteiger partial charge < -0.3 is 10.4 Å². The molecule has 1 aliphatic rings. The van der Waals surface area contributed by atoms with Crippen LogP contribution in [0.5, 0.6) is 0 Å². The summed E-state index contributed by atoms with van der Waals surface area (Å²) in [5, 5.41) is 12.7. The predicted molar refractivity (Wildman–Crippen MR) is 76.1 cm³/mol. The number of anilines is 1. The SMILES string of the molecule is CCC1=CC(CCO)(Nc2ccccc2C)N=C1. The van der Waals surface area contributed by atoms with Crippen LogP contribution in [0.15, 0.2) is 40.9 Å². The van der Waals surface area contributed by atoms with Crippen molar-refractivity contribution < 1.29 is 5.11 Å². The number of hydrogen-bond acceptors (Lipinski definition) is 3. The van der Waals surface area contributed by atoms with E-state index in [9.17, 15) is 5.11 Å². The molecule has 0 bridgehead atoms. The molecule has 2 N–H and O–H groups in total. The highest BCUT2D eigenvalue weighted by Crippen LogP contribution is 2.29. The van der Waals surface area contributed by atoms with Gasteiger partial charge in [0, 0.05) is 24.9 Å². The van der Waals surface area contributed by atoms with Gasteiger partial charge in [-0.2, -0.15) is 0 Å². The van der Waals surface area contributed by atoms with Crippen LogP contribution in [-0.4, -0.2) is 23.6 Å². The molecule has 0 fully saturated rings. The van der Waals surface area contributed by atoms with Crippen molar-refractivity contribution in [2.45, 2.75) is 32.4 Å². The summed E-state index contributed by atoms with van der Waals surface area (Å²) >= 11 is 0. The van der Waals surface area contributed by atoms with Crippen molar-refractivity contribution in [3.8, 4) is 0 Å². The first kappa shape index (κ1) is 12.8. The normalized spacial score (nSPS) is 22.1. The molecule has 1 heterocycles. The van der Waals surface area contributed by atoms with Crippen molar-refractivity contribution in [1.29, 1.82) is 0 Å². The largest absolute Gasteiger partial charge is 0.396 e. The van der Waals surface area contributed by atoms with Gasteiger partial charge in [-0.25, -0.2) is 0 Å². The van der Waals surface area contributed by atoms with Crippen LogP contribution in [0.1, 0.15) is 25.3 Å². The van der Waals surface area contributed by atoms with E-state index in [-0.39, 0.29) is 6.61 Å². The number of benzene rings is 1. The van der Waals surface area contributed by atoms with Crippen molar-refractivity contribution in [3.63, 3.8) is 0 Å². The highest BCUT2D eigenvalue weighted by atomic mass is 16.3. The van der Waals surface area contributed by atoms with Crippen LogP contribution in [-0.2, 0) is 0 Å². The third-order valence-electron chi connectivity index (χ3n) is 3.28. The fourth-order valence-corrected chi connectivity index (χ4v) is 2.16. The van der Waals surface area contributed by atoms with E-state index in [0.29, 0.717) is 6.42 Å². The fraction of sp³-hybridized carbons (Fsp3) is 0.400. The second-order valence-electron chi connectivity index (χ2n) is 4.67. The van der Waals surface area contributed by atoms with Gasteiger partial charge in [0.25, 0.3) is 0 Å². The molecule has 96 valence electrons. The van der Waals surface area contributed by atoms with E-state index in [4.69, 9.17) is 0 Å². The smallest absolute Gasteiger partial charge is 0.151 e. The van der Waals surface area contributed by atoms with E-state index >= 15 is 0 Å². The number of aryl methyl sites for hydroxylation is 1. The van der Waals surface area contributed by atoms with Gasteiger partial charge in [-0.05, 0) is 36.6 Å². The Bertz CT molecular complexity index is 479. The van der Waals surface area contributed by atoms with E-state index in [1.54, 1.807) is 0 Å². The Morgan fingerprint density at radius 2 is 2.11 bits per heavy atom. The molecule has 0 spiro atoms. The van der Waals surface area contributed by atoms with Gasteiger partial charge >= 0.3 is 0 Å². The van der Waals surface area contributed by atoms with Gasteiger partial charge in [0.1, 0.15) is 0 Å². The van der Waals surface area contributed by atoms with Crippen molar-refractivity contribution in [2.75, 3.05) is 11.9 Å². The van der Waals surface area contributed by atoms with Crippen molar-refractivity contribution in [1.82, 2.24) is 0 Å². The van der Waals surface area contributed by atoms with Crippen molar-refractivity contribution in [3.05, 3.63) is 41.5 Å². The zero-order chi connectivity index (χ0) is 13.0. The molecule has 1 aliphatic heterocycles. The second kappa shape index (κ2) is 5.36. The van der Waals surface area contributed by atoms with Gasteiger partial charge in [0.15, 0.2) is 5.66 Å². The average Bonchev–Trinajstić information content (AvgIpc) is 2.76. The number of allylic oxidation sites excluding steroid dienone is 1. The number of rotatable bonds is 5. The van der Waals surface area contributed by atoms with Crippen LogP contribution in [0.4, 0.5) is 5.69 Å². The molecule has 2 rings (SSSR count). The number of aliphatic imine (C=N–C) groups is 1. The standard InChI is InChI=1S/C15H20N2O/c1-3-13-10-15(8-9-18,16-11-13)17-14-7-5-4-6-12(14)2/h4-7,10-11,17-18H,3,8-9H2,1-2H3. The number of aliphatic hydroxyl groups is 1. The molecule has 0 saturated heterocycles. The molecule has 1 atom stereocenters. The first-order chi connectivity index (χ1) is 8.69. The summed E-state index contributed by atoms with van der Waals surface area (Å²) in [5.74, 6) is 0. The van der Waals surface area contributed by atoms with E-state index < -0.39 is 5.66 Å². The Labute approximate surface area is 108 Å². The van der Waals surface area contributed by atoms with Gasteiger partial charge in [0.05, 0.1) is 0 Å². The zero-order valence-electron chi connectivity index (χ0n) is 11.0. The zero-order valence-corrected chi connectivity index (χ0v) is 11.0. The number of para-hydroxylation sites is 1. The Hall–Kier alpha value is -1.61. The minimum Gasteiger partial charge on any atom is -0.396 e. The Morgan fingerprint density at radius 1 is 1.33 bits per heavy atom. The van der Waals surface area contributed by atoms with E-state index in [1.165, 1.54) is 11.1 Å². The molecule has 1 aromatic carbocycles. The summed E-state index contributed by atoms with van der Waals surface area (Å²) in [4.78, 5) is 4.56. The van der Waals surface area contributed by atoms with Crippen molar-refractivity contribution >= 4 is 11.9 Å². The number of nitrogens with one attached hydrogen (secondary N) is 1. The van der Waals surface area contributed by atoms with Gasteiger partial charge in [-0.1, -0.05) is 25.1 Å². The van der Waals surface area contributed by atoms with E-state index in [2.05, 4.69) is 36.3 Å². The lowest BCUT2D eigenvalue weighted by atomic mass is 10.0. The first-order valence-corrected chi connectivity index (χ1v) is 6.41. The lowest BCUT2D eigenvalue weighted by Gasteiger charge is -2.27. The summed E-state index contributed by atoms with van der Waals surface area (Å²) in [7, 11) is 0. The molecule has 0 radical (unpaired) electrons. The Kier molecular flexibility index (Phi) is 3.82. The minimum absolute atomic E-state index is 0.115. The molecule has 0 aromatic heterocycles. The highest BCUT2D eigenvalue weighted by Gasteiger charge is 2.29. The summed E-state index contributed by atoms with van der Waals surface area (Å²) in [6, 6.07) is 8.13. The van der Waals surface area contributed by atoms with Crippen LogP contribution < -0.4 is 5.32 Å². The molecule has 3 heteroatoms. The maximum atomic E-state index is 9.26. The summed E-state index contributed by atoms with van der Waals surface area (Å²) < 4.78 is 0. The monoisotopic (exact) mass is 244 g/mol. The van der Waals surface area contributed by atoms with E-state index in [0.717, 1.165) is 12.1 Å². The number of aliphatic hydroxyl groups excluding tert-OH is 1. The molecule has 0 aliphatic carbocycles. The molecule has 1 aromatic rings. The van der Waals surface area contributed by atoms with Crippen LogP contribution in [0.25, 0.3) is 0 Å². The molecule has 18 heavy (non-hydrogen) atoms. The van der Waals surface area contributed by atoms with Gasteiger partial charge in [-0.3, -0.25) is 4.99 Å². The predicted octanol–water partition coefficient (Wildman–Crippen LogP) is 2.91. The average molecular weight is 244 g/mol. The molecule has 0 saturated carbocycles. The van der Waals surface area contributed by atoms with Crippen LogP contribution in [0, 0.1) is 6.92 Å².